The zero-order valence-corrected chi connectivity index (χ0v) is 11.4. The van der Waals surface area contributed by atoms with Crippen LogP contribution in [0.1, 0.15) is 22.3 Å². The molecule has 1 aliphatic carbocycles. The summed E-state index contributed by atoms with van der Waals surface area (Å²) in [6, 6.07) is 13.4. The molecule has 0 atom stereocenters. The van der Waals surface area contributed by atoms with E-state index >= 15 is 0 Å². The molecule has 0 radical (unpaired) electrons. The summed E-state index contributed by atoms with van der Waals surface area (Å²) in [6.07, 6.45) is 1.84. The molecule has 0 spiro atoms. The van der Waals surface area contributed by atoms with Crippen molar-refractivity contribution in [1.82, 2.24) is 0 Å². The molecule has 0 N–H and O–H groups in total. The smallest absolute Gasteiger partial charge is 0.123 e. The van der Waals surface area contributed by atoms with Crippen molar-refractivity contribution in [3.63, 3.8) is 0 Å². The van der Waals surface area contributed by atoms with Crippen LogP contribution in [-0.4, -0.2) is 0 Å². The predicted octanol–water partition coefficient (Wildman–Crippen LogP) is 4.71. The van der Waals surface area contributed by atoms with Gasteiger partial charge in [0.05, 0.1) is 0 Å². The summed E-state index contributed by atoms with van der Waals surface area (Å²) in [7, 11) is 0. The molecular formula is C16H12BrF. The summed E-state index contributed by atoms with van der Waals surface area (Å²) < 4.78 is 13.4. The van der Waals surface area contributed by atoms with Crippen molar-refractivity contribution in [2.45, 2.75) is 12.8 Å². The van der Waals surface area contributed by atoms with Gasteiger partial charge in [0, 0.05) is 0 Å². The Kier molecular flexibility index (Phi) is 3.04. The average Bonchev–Trinajstić information content (AvgIpc) is 2.55. The van der Waals surface area contributed by atoms with Crippen LogP contribution in [0.15, 0.2) is 47.4 Å². The van der Waals surface area contributed by atoms with Gasteiger partial charge in [-0.05, 0) is 57.8 Å². The zero-order valence-electron chi connectivity index (χ0n) is 9.79. The van der Waals surface area contributed by atoms with Gasteiger partial charge in [-0.2, -0.15) is 0 Å². The van der Waals surface area contributed by atoms with Crippen molar-refractivity contribution in [2.24, 2.45) is 0 Å². The van der Waals surface area contributed by atoms with Crippen molar-refractivity contribution in [2.75, 3.05) is 0 Å². The Morgan fingerprint density at radius 3 is 2.50 bits per heavy atom. The third kappa shape index (κ3) is 1.91. The number of fused-ring (bicyclic) bond motifs is 2. The van der Waals surface area contributed by atoms with Crippen LogP contribution in [0, 0.1) is 5.82 Å². The van der Waals surface area contributed by atoms with E-state index in [4.69, 9.17) is 0 Å². The Balaban J connectivity index is 2.25. The molecule has 2 aromatic carbocycles. The van der Waals surface area contributed by atoms with E-state index in [1.807, 2.05) is 17.1 Å². The lowest BCUT2D eigenvalue weighted by Crippen LogP contribution is -1.92. The summed E-state index contributed by atoms with van der Waals surface area (Å²) in [4.78, 5) is 1.94. The van der Waals surface area contributed by atoms with Crippen LogP contribution in [-0.2, 0) is 12.8 Å². The van der Waals surface area contributed by atoms with E-state index in [1.54, 1.807) is 6.07 Å². The number of aryl methyl sites for hydroxylation is 2. The second kappa shape index (κ2) is 4.69. The Morgan fingerprint density at radius 2 is 1.67 bits per heavy atom. The fourth-order valence-electron chi connectivity index (χ4n) is 2.56. The predicted molar refractivity (Wildman–Crippen MR) is 76.3 cm³/mol. The molecule has 0 nitrogen and oxygen atoms in total. The molecule has 0 heterocycles. The second-order valence-corrected chi connectivity index (χ2v) is 4.94. The number of hydrogen-bond donors (Lipinski definition) is 0. The highest BCUT2D eigenvalue weighted by Gasteiger charge is 2.17. The molecule has 1 aliphatic rings. The maximum absolute atomic E-state index is 13.4. The largest absolute Gasteiger partial charge is 0.207 e. The fourth-order valence-corrected chi connectivity index (χ4v) is 3.06. The Labute approximate surface area is 114 Å². The zero-order chi connectivity index (χ0) is 12.5. The van der Waals surface area contributed by atoms with Gasteiger partial charge in [-0.25, -0.2) is 4.39 Å². The van der Waals surface area contributed by atoms with Gasteiger partial charge in [0.25, 0.3) is 0 Å². The lowest BCUT2D eigenvalue weighted by Gasteiger charge is -2.10. The van der Waals surface area contributed by atoms with Crippen molar-refractivity contribution < 1.29 is 4.39 Å². The molecule has 90 valence electrons. The molecule has 0 unspecified atom stereocenters. The van der Waals surface area contributed by atoms with E-state index < -0.39 is 0 Å². The first-order chi connectivity index (χ1) is 8.79. The van der Waals surface area contributed by atoms with E-state index in [-0.39, 0.29) is 5.82 Å². The summed E-state index contributed by atoms with van der Waals surface area (Å²) in [5.41, 5.74) is 5.90. The van der Waals surface area contributed by atoms with Gasteiger partial charge in [0.1, 0.15) is 5.82 Å². The fraction of sp³-hybridized carbons (Fsp3) is 0.125. The minimum atomic E-state index is -0.159. The van der Waals surface area contributed by atoms with E-state index in [0.717, 1.165) is 29.5 Å². The standard InChI is InChI=1S/C16H12BrF/c17-10-16-14-4-2-1-3-11(14)5-6-12-9-13(18)7-8-15(12)16/h1-4,7-10H,5-6H2. The third-order valence-corrected chi connectivity index (χ3v) is 3.90. The van der Waals surface area contributed by atoms with Crippen LogP contribution in [0.4, 0.5) is 4.39 Å². The van der Waals surface area contributed by atoms with E-state index in [2.05, 4.69) is 34.1 Å². The van der Waals surface area contributed by atoms with Gasteiger partial charge in [0.15, 0.2) is 0 Å². The average molecular weight is 303 g/mol. The maximum atomic E-state index is 13.4. The summed E-state index contributed by atoms with van der Waals surface area (Å²) in [6.45, 7) is 0. The first-order valence-corrected chi connectivity index (χ1v) is 6.88. The van der Waals surface area contributed by atoms with Gasteiger partial charge in [-0.15, -0.1) is 0 Å². The van der Waals surface area contributed by atoms with E-state index in [0.29, 0.717) is 0 Å². The summed E-state index contributed by atoms with van der Waals surface area (Å²) in [5, 5.41) is 0. The van der Waals surface area contributed by atoms with E-state index in [1.165, 1.54) is 17.2 Å². The van der Waals surface area contributed by atoms with Crippen molar-refractivity contribution in [3.8, 4) is 0 Å². The SMILES string of the molecule is Fc1ccc2c(c1)CCc1ccccc1C2=CBr. The lowest BCUT2D eigenvalue weighted by molar-refractivity contribution is 0.625. The normalized spacial score (nSPS) is 16.0. The molecular weight excluding hydrogens is 291 g/mol. The van der Waals surface area contributed by atoms with Crippen LogP contribution < -0.4 is 0 Å². The minimum Gasteiger partial charge on any atom is -0.207 e. The van der Waals surface area contributed by atoms with Gasteiger partial charge in [-0.1, -0.05) is 46.3 Å². The second-order valence-electron chi connectivity index (χ2n) is 4.48. The van der Waals surface area contributed by atoms with Crippen LogP contribution >= 0.6 is 15.9 Å². The lowest BCUT2D eigenvalue weighted by atomic mass is 9.95. The molecule has 3 rings (SSSR count). The Morgan fingerprint density at radius 1 is 0.944 bits per heavy atom. The molecule has 0 saturated carbocycles. The highest BCUT2D eigenvalue weighted by Crippen LogP contribution is 2.34. The topological polar surface area (TPSA) is 0 Å². The molecule has 0 fully saturated rings. The molecule has 0 saturated heterocycles. The highest BCUT2D eigenvalue weighted by molar-refractivity contribution is 9.11. The van der Waals surface area contributed by atoms with Crippen LogP contribution in [0.5, 0.6) is 0 Å². The van der Waals surface area contributed by atoms with Crippen molar-refractivity contribution in [1.29, 1.82) is 0 Å². The molecule has 18 heavy (non-hydrogen) atoms. The number of benzene rings is 2. The van der Waals surface area contributed by atoms with Gasteiger partial charge in [0.2, 0.25) is 0 Å². The van der Waals surface area contributed by atoms with Gasteiger partial charge in [-0.3, -0.25) is 0 Å². The summed E-state index contributed by atoms with van der Waals surface area (Å²) >= 11 is 3.45. The van der Waals surface area contributed by atoms with Crippen LogP contribution in [0.25, 0.3) is 5.57 Å². The monoisotopic (exact) mass is 302 g/mol. The van der Waals surface area contributed by atoms with Crippen molar-refractivity contribution in [3.05, 3.63) is 75.5 Å². The Bertz CT molecular complexity index is 629. The number of halogens is 2. The Hall–Kier alpha value is -1.41. The third-order valence-electron chi connectivity index (χ3n) is 3.44. The van der Waals surface area contributed by atoms with Gasteiger partial charge < -0.3 is 0 Å². The quantitative estimate of drug-likeness (QED) is 0.661. The molecule has 0 aromatic heterocycles. The van der Waals surface area contributed by atoms with E-state index in [9.17, 15) is 4.39 Å². The number of hydrogen-bond acceptors (Lipinski definition) is 0. The van der Waals surface area contributed by atoms with Crippen LogP contribution in [0.3, 0.4) is 0 Å². The molecule has 2 heteroatoms. The summed E-state index contributed by atoms with van der Waals surface area (Å²) in [5.74, 6) is -0.159. The van der Waals surface area contributed by atoms with Gasteiger partial charge >= 0.3 is 0 Å². The number of rotatable bonds is 0. The molecule has 0 bridgehead atoms. The minimum absolute atomic E-state index is 0.159. The first-order valence-electron chi connectivity index (χ1n) is 5.97. The molecule has 2 aromatic rings. The van der Waals surface area contributed by atoms with Crippen LogP contribution in [0.2, 0.25) is 0 Å². The molecule has 0 aliphatic heterocycles. The van der Waals surface area contributed by atoms with Crippen molar-refractivity contribution >= 4 is 21.5 Å². The highest BCUT2D eigenvalue weighted by atomic mass is 79.9. The molecule has 0 amide bonds. The maximum Gasteiger partial charge on any atom is 0.123 e. The first kappa shape index (κ1) is 11.7.